The van der Waals surface area contributed by atoms with Crippen LogP contribution in [0.1, 0.15) is 73.9 Å². The molecular weight excluding hydrogens is 422 g/mol. The second kappa shape index (κ2) is 10.7. The summed E-state index contributed by atoms with van der Waals surface area (Å²) in [5.41, 5.74) is 7.71. The summed E-state index contributed by atoms with van der Waals surface area (Å²) >= 11 is 0. The number of aliphatic carboxylic acids is 1. The van der Waals surface area contributed by atoms with Gasteiger partial charge in [0.15, 0.2) is 0 Å². The third-order valence-corrected chi connectivity index (χ3v) is 7.35. The normalized spacial score (nSPS) is 23.4. The summed E-state index contributed by atoms with van der Waals surface area (Å²) in [5.74, 6) is -1.73. The van der Waals surface area contributed by atoms with Gasteiger partial charge in [-0.3, -0.25) is 9.59 Å². The third kappa shape index (κ3) is 5.73. The van der Waals surface area contributed by atoms with Crippen LogP contribution < -0.4 is 16.4 Å². The van der Waals surface area contributed by atoms with E-state index in [1.165, 1.54) is 0 Å². The van der Waals surface area contributed by atoms with Crippen LogP contribution >= 0.6 is 0 Å². The fourth-order valence-electron chi connectivity index (χ4n) is 5.38. The Balaban J connectivity index is 1.68. The van der Waals surface area contributed by atoms with Crippen molar-refractivity contribution in [2.24, 2.45) is 11.7 Å². The smallest absolute Gasteiger partial charge is 0.326 e. The van der Waals surface area contributed by atoms with Gasteiger partial charge in [0, 0.05) is 36.5 Å². The Bertz CT molecular complexity index is 879. The fourth-order valence-corrected chi connectivity index (χ4v) is 5.38. The Morgan fingerprint density at radius 2 is 1.91 bits per heavy atom. The molecule has 0 saturated heterocycles. The molecule has 0 aromatic heterocycles. The van der Waals surface area contributed by atoms with Crippen LogP contribution in [0.4, 0.5) is 0 Å². The van der Waals surface area contributed by atoms with Crippen molar-refractivity contribution in [3.63, 3.8) is 0 Å². The highest BCUT2D eigenvalue weighted by atomic mass is 16.5. The third-order valence-electron chi connectivity index (χ3n) is 7.35. The fraction of sp³-hybridized carbons (Fsp3) is 0.640. The van der Waals surface area contributed by atoms with Crippen molar-refractivity contribution >= 4 is 17.8 Å². The lowest BCUT2D eigenvalue weighted by atomic mass is 9.67. The summed E-state index contributed by atoms with van der Waals surface area (Å²) < 4.78 is 5.78. The number of ether oxygens (including phenoxy) is 1. The minimum Gasteiger partial charge on any atom is -0.480 e. The van der Waals surface area contributed by atoms with Crippen LogP contribution in [0.3, 0.4) is 0 Å². The van der Waals surface area contributed by atoms with E-state index in [4.69, 9.17) is 10.5 Å². The predicted octanol–water partition coefficient (Wildman–Crippen LogP) is 2.13. The number of fused-ring (bicyclic) bond motifs is 1. The number of hydrogen-bond donors (Lipinski definition) is 4. The maximum atomic E-state index is 12.6. The van der Waals surface area contributed by atoms with Gasteiger partial charge in [-0.2, -0.15) is 0 Å². The van der Waals surface area contributed by atoms with Gasteiger partial charge in [0.1, 0.15) is 6.04 Å². The van der Waals surface area contributed by atoms with Crippen LogP contribution in [0.25, 0.3) is 0 Å². The van der Waals surface area contributed by atoms with Crippen molar-refractivity contribution in [2.45, 2.75) is 82.4 Å². The molecule has 2 amide bonds. The first-order valence-electron chi connectivity index (χ1n) is 11.9. The van der Waals surface area contributed by atoms with Crippen LogP contribution in [0, 0.1) is 5.92 Å². The predicted molar refractivity (Wildman–Crippen MR) is 125 cm³/mol. The molecule has 0 radical (unpaired) electrons. The topological polar surface area (TPSA) is 131 Å². The first-order chi connectivity index (χ1) is 15.6. The van der Waals surface area contributed by atoms with Crippen molar-refractivity contribution in [1.82, 2.24) is 10.6 Å². The average Bonchev–Trinajstić information content (AvgIpc) is 2.79. The van der Waals surface area contributed by atoms with Gasteiger partial charge >= 0.3 is 5.97 Å². The molecule has 8 nitrogen and oxygen atoms in total. The van der Waals surface area contributed by atoms with E-state index in [0.29, 0.717) is 18.5 Å². The molecular formula is C25H37N3O5. The largest absolute Gasteiger partial charge is 0.480 e. The molecule has 2 aliphatic carbocycles. The second-order valence-corrected chi connectivity index (χ2v) is 9.89. The van der Waals surface area contributed by atoms with Crippen LogP contribution in [-0.4, -0.2) is 54.7 Å². The molecule has 182 valence electrons. The molecule has 1 aromatic rings. The molecule has 1 fully saturated rings. The van der Waals surface area contributed by atoms with E-state index in [1.54, 1.807) is 13.2 Å². The number of nitrogens with two attached hydrogens (primary N) is 1. The Hall–Kier alpha value is -2.45. The molecule has 1 unspecified atom stereocenters. The lowest BCUT2D eigenvalue weighted by molar-refractivity contribution is -0.142. The summed E-state index contributed by atoms with van der Waals surface area (Å²) in [4.78, 5) is 36.1. The minimum atomic E-state index is -1.02. The summed E-state index contributed by atoms with van der Waals surface area (Å²) in [6.45, 7) is 4.57. The molecule has 33 heavy (non-hydrogen) atoms. The van der Waals surface area contributed by atoms with Crippen molar-refractivity contribution in [2.75, 3.05) is 13.7 Å². The van der Waals surface area contributed by atoms with Crippen LogP contribution in [0.15, 0.2) is 18.2 Å². The van der Waals surface area contributed by atoms with E-state index in [1.807, 2.05) is 12.1 Å². The minimum absolute atomic E-state index is 0.0836. The Morgan fingerprint density at radius 1 is 1.21 bits per heavy atom. The lowest BCUT2D eigenvalue weighted by Crippen LogP contribution is -2.57. The number of carboxylic acid groups (broad SMARTS) is 1. The van der Waals surface area contributed by atoms with Crippen LogP contribution in [0.5, 0.6) is 0 Å². The summed E-state index contributed by atoms with van der Waals surface area (Å²) in [6, 6.07) is 4.48. The number of primary amides is 1. The average molecular weight is 460 g/mol. The van der Waals surface area contributed by atoms with E-state index in [2.05, 4.69) is 24.5 Å². The number of benzene rings is 1. The van der Waals surface area contributed by atoms with E-state index in [-0.39, 0.29) is 35.8 Å². The first kappa shape index (κ1) is 25.2. The molecule has 1 aromatic carbocycles. The highest BCUT2D eigenvalue weighted by Crippen LogP contribution is 2.38. The van der Waals surface area contributed by atoms with Crippen molar-refractivity contribution in [3.05, 3.63) is 34.9 Å². The van der Waals surface area contributed by atoms with E-state index >= 15 is 0 Å². The number of methoxy groups -OCH3 is 1. The summed E-state index contributed by atoms with van der Waals surface area (Å²) in [6.07, 6.45) is 5.66. The van der Waals surface area contributed by atoms with Crippen molar-refractivity contribution in [1.29, 1.82) is 0 Å². The molecule has 3 rings (SSSR count). The Kier molecular flexibility index (Phi) is 8.13. The highest BCUT2D eigenvalue weighted by molar-refractivity contribution is 5.93. The SMILES string of the molecule is CO[C@H]1Cc2ccc(C(N)=O)cc2C(C)(C)[C@@H]1NCCC(NC(=O)C1CCCCC1)C(=O)O. The molecule has 0 spiro atoms. The molecule has 5 N–H and O–H groups in total. The number of hydrogen-bond acceptors (Lipinski definition) is 5. The van der Waals surface area contributed by atoms with E-state index in [9.17, 15) is 19.5 Å². The summed E-state index contributed by atoms with van der Waals surface area (Å²) in [5, 5.41) is 15.9. The first-order valence-corrected chi connectivity index (χ1v) is 11.9. The quantitative estimate of drug-likeness (QED) is 0.447. The summed E-state index contributed by atoms with van der Waals surface area (Å²) in [7, 11) is 1.67. The molecule has 0 heterocycles. The van der Waals surface area contributed by atoms with Gasteiger partial charge in [0.25, 0.3) is 0 Å². The maximum Gasteiger partial charge on any atom is 0.326 e. The second-order valence-electron chi connectivity index (χ2n) is 9.89. The molecule has 0 bridgehead atoms. The van der Waals surface area contributed by atoms with Crippen LogP contribution in [0.2, 0.25) is 0 Å². The zero-order chi connectivity index (χ0) is 24.2. The number of rotatable bonds is 9. The standard InChI is InChI=1S/C25H37N3O5/c1-25(2)18-13-17(22(26)29)10-9-16(18)14-20(33-3)21(25)27-12-11-19(24(31)32)28-23(30)15-7-5-4-6-8-15/h9-10,13,15,19-21,27H,4-8,11-12,14H2,1-3H3,(H2,26,29)(H,28,30)(H,31,32)/t19?,20-,21+/m0/s1. The van der Waals surface area contributed by atoms with E-state index < -0.39 is 17.9 Å². The maximum absolute atomic E-state index is 12.6. The van der Waals surface area contributed by atoms with Gasteiger partial charge in [-0.25, -0.2) is 4.79 Å². The van der Waals surface area contributed by atoms with Crippen LogP contribution in [-0.2, 0) is 26.2 Å². The van der Waals surface area contributed by atoms with Gasteiger partial charge in [-0.15, -0.1) is 0 Å². The number of amides is 2. The lowest BCUT2D eigenvalue weighted by Gasteiger charge is -2.45. The number of nitrogens with one attached hydrogen (secondary N) is 2. The van der Waals surface area contributed by atoms with Gasteiger partial charge in [-0.1, -0.05) is 39.2 Å². The Morgan fingerprint density at radius 3 is 2.52 bits per heavy atom. The van der Waals surface area contributed by atoms with Gasteiger partial charge in [0.2, 0.25) is 11.8 Å². The highest BCUT2D eigenvalue weighted by Gasteiger charge is 2.43. The molecule has 1 saturated carbocycles. The monoisotopic (exact) mass is 459 g/mol. The van der Waals surface area contributed by atoms with E-state index in [0.717, 1.165) is 43.2 Å². The molecule has 8 heteroatoms. The van der Waals surface area contributed by atoms with Gasteiger partial charge < -0.3 is 26.2 Å². The Labute approximate surface area is 195 Å². The zero-order valence-corrected chi connectivity index (χ0v) is 19.9. The molecule has 2 aliphatic rings. The number of carbonyl (C=O) groups excluding carboxylic acids is 2. The zero-order valence-electron chi connectivity index (χ0n) is 19.9. The van der Waals surface area contributed by atoms with Gasteiger partial charge in [-0.05, 0) is 49.1 Å². The van der Waals surface area contributed by atoms with Crippen molar-refractivity contribution in [3.8, 4) is 0 Å². The number of carboxylic acids is 1. The molecule has 3 atom stereocenters. The van der Waals surface area contributed by atoms with Crippen molar-refractivity contribution < 1.29 is 24.2 Å². The molecule has 0 aliphatic heterocycles. The van der Waals surface area contributed by atoms with Gasteiger partial charge in [0.05, 0.1) is 6.10 Å². The number of carbonyl (C=O) groups is 3.